The second-order valence-corrected chi connectivity index (χ2v) is 7.67. The van der Waals surface area contributed by atoms with Gasteiger partial charge in [0.05, 0.1) is 12.2 Å². The van der Waals surface area contributed by atoms with E-state index < -0.39 is 0 Å². The van der Waals surface area contributed by atoms with Crippen LogP contribution in [0.3, 0.4) is 0 Å². The van der Waals surface area contributed by atoms with Gasteiger partial charge in [-0.1, -0.05) is 0 Å². The van der Waals surface area contributed by atoms with Crippen molar-refractivity contribution >= 4 is 0 Å². The highest BCUT2D eigenvalue weighted by Crippen LogP contribution is 2.74. The molecule has 1 heteroatoms. The summed E-state index contributed by atoms with van der Waals surface area (Å²) in [6.07, 6.45) is 9.35. The van der Waals surface area contributed by atoms with Crippen LogP contribution in [0.5, 0.6) is 0 Å². The minimum absolute atomic E-state index is 0.733. The molecule has 0 amide bonds. The van der Waals surface area contributed by atoms with Gasteiger partial charge in [-0.05, 0) is 79.4 Å². The van der Waals surface area contributed by atoms with Gasteiger partial charge in [0.25, 0.3) is 0 Å². The lowest BCUT2D eigenvalue weighted by Gasteiger charge is -2.41. The molecule has 4 bridgehead atoms. The molecule has 0 N–H and O–H groups in total. The lowest BCUT2D eigenvalue weighted by Crippen LogP contribution is -2.38. The fraction of sp³-hybridized carbons (Fsp3) is 1.00. The second kappa shape index (κ2) is 2.25. The Kier molecular flexibility index (Phi) is 1.15. The third-order valence-corrected chi connectivity index (χ3v) is 7.62. The number of hydrogen-bond acceptors (Lipinski definition) is 1. The Morgan fingerprint density at radius 3 is 2.31 bits per heavy atom. The first-order valence-corrected chi connectivity index (χ1v) is 7.57. The maximum atomic E-state index is 5.85. The van der Waals surface area contributed by atoms with E-state index >= 15 is 0 Å². The van der Waals surface area contributed by atoms with Crippen LogP contribution in [0.1, 0.15) is 32.1 Å². The highest BCUT2D eigenvalue weighted by atomic mass is 16.6. The SMILES string of the molecule is C1CC2CC1C1C3CC(C4C3CC3OC34)C21. The van der Waals surface area contributed by atoms with Crippen molar-refractivity contribution in [3.63, 3.8) is 0 Å². The Hall–Kier alpha value is -0.0400. The molecule has 0 aromatic carbocycles. The highest BCUT2D eigenvalue weighted by molar-refractivity contribution is 5.20. The van der Waals surface area contributed by atoms with Crippen molar-refractivity contribution in [2.75, 3.05) is 0 Å². The van der Waals surface area contributed by atoms with Crippen LogP contribution in [0.25, 0.3) is 0 Å². The summed E-state index contributed by atoms with van der Waals surface area (Å²) in [6.45, 7) is 0. The molecular formula is C15H20O. The molecule has 10 unspecified atom stereocenters. The van der Waals surface area contributed by atoms with E-state index in [0.717, 1.165) is 41.8 Å². The first-order valence-electron chi connectivity index (χ1n) is 7.57. The van der Waals surface area contributed by atoms with Gasteiger partial charge in [-0.3, -0.25) is 0 Å². The van der Waals surface area contributed by atoms with Crippen LogP contribution in [0.15, 0.2) is 0 Å². The second-order valence-electron chi connectivity index (χ2n) is 7.67. The third-order valence-electron chi connectivity index (χ3n) is 7.62. The molecule has 1 nitrogen and oxygen atoms in total. The Labute approximate surface area is 96.9 Å². The number of hydrogen-bond donors (Lipinski definition) is 0. The van der Waals surface area contributed by atoms with E-state index in [1.807, 2.05) is 0 Å². The van der Waals surface area contributed by atoms with Crippen LogP contribution >= 0.6 is 0 Å². The number of rotatable bonds is 0. The van der Waals surface area contributed by atoms with Crippen molar-refractivity contribution in [3.05, 3.63) is 0 Å². The summed E-state index contributed by atoms with van der Waals surface area (Å²) in [4.78, 5) is 0. The lowest BCUT2D eigenvalue weighted by molar-refractivity contribution is 0.0367. The van der Waals surface area contributed by atoms with Crippen molar-refractivity contribution in [1.29, 1.82) is 0 Å². The topological polar surface area (TPSA) is 12.5 Å². The van der Waals surface area contributed by atoms with Crippen LogP contribution < -0.4 is 0 Å². The maximum Gasteiger partial charge on any atom is 0.0875 e. The van der Waals surface area contributed by atoms with Crippen LogP contribution in [0.2, 0.25) is 0 Å². The summed E-state index contributed by atoms with van der Waals surface area (Å²) in [5, 5.41) is 0. The predicted molar refractivity (Wildman–Crippen MR) is 59.7 cm³/mol. The van der Waals surface area contributed by atoms with Crippen LogP contribution in [-0.4, -0.2) is 12.2 Å². The average Bonchev–Trinajstić information content (AvgIpc) is 2.84. The molecule has 1 heterocycles. The Bertz CT molecular complexity index is 378. The third kappa shape index (κ3) is 0.674. The van der Waals surface area contributed by atoms with E-state index in [9.17, 15) is 0 Å². The molecule has 5 aliphatic carbocycles. The predicted octanol–water partition coefficient (Wildman–Crippen LogP) is 2.70. The minimum atomic E-state index is 0.733. The van der Waals surface area contributed by atoms with E-state index in [4.69, 9.17) is 4.74 Å². The summed E-state index contributed by atoms with van der Waals surface area (Å²) < 4.78 is 5.85. The van der Waals surface area contributed by atoms with Gasteiger partial charge in [-0.15, -0.1) is 0 Å². The molecule has 5 saturated carbocycles. The Morgan fingerprint density at radius 2 is 1.44 bits per heavy atom. The standard InChI is InChI=1S/C15H20O/c1-2-7-3-6(1)12-8-4-10(13(7)12)14-9(8)5-11-15(14)16-11/h6-15H,1-5H2. The first kappa shape index (κ1) is 8.13. The maximum absolute atomic E-state index is 5.85. The summed E-state index contributed by atoms with van der Waals surface area (Å²) in [7, 11) is 0. The molecule has 6 aliphatic rings. The fourth-order valence-electron chi connectivity index (χ4n) is 7.53. The van der Waals surface area contributed by atoms with Gasteiger partial charge in [0, 0.05) is 0 Å². The van der Waals surface area contributed by atoms with Gasteiger partial charge in [0.2, 0.25) is 0 Å². The lowest BCUT2D eigenvalue weighted by atomic mass is 9.64. The molecule has 1 saturated heterocycles. The van der Waals surface area contributed by atoms with Crippen LogP contribution in [-0.2, 0) is 4.74 Å². The zero-order valence-electron chi connectivity index (χ0n) is 9.72. The van der Waals surface area contributed by atoms with Crippen LogP contribution in [0.4, 0.5) is 0 Å². The minimum Gasteiger partial charge on any atom is -0.369 e. The zero-order chi connectivity index (χ0) is 10.0. The molecule has 86 valence electrons. The number of ether oxygens (including phenoxy) is 1. The molecule has 0 aromatic heterocycles. The smallest absolute Gasteiger partial charge is 0.0875 e. The van der Waals surface area contributed by atoms with Gasteiger partial charge in [-0.25, -0.2) is 0 Å². The molecule has 0 aromatic rings. The van der Waals surface area contributed by atoms with Crippen molar-refractivity contribution in [2.24, 2.45) is 47.3 Å². The van der Waals surface area contributed by atoms with Crippen molar-refractivity contribution in [2.45, 2.75) is 44.3 Å². The molecule has 16 heavy (non-hydrogen) atoms. The Morgan fingerprint density at radius 1 is 0.688 bits per heavy atom. The molecule has 10 atom stereocenters. The van der Waals surface area contributed by atoms with E-state index in [-0.39, 0.29) is 0 Å². The fourth-order valence-corrected chi connectivity index (χ4v) is 7.53. The summed E-state index contributed by atoms with van der Waals surface area (Å²) in [6, 6.07) is 0. The summed E-state index contributed by atoms with van der Waals surface area (Å²) in [5.74, 6) is 9.13. The van der Waals surface area contributed by atoms with E-state index in [0.29, 0.717) is 0 Å². The molecule has 1 aliphatic heterocycles. The monoisotopic (exact) mass is 216 g/mol. The van der Waals surface area contributed by atoms with Crippen molar-refractivity contribution in [3.8, 4) is 0 Å². The van der Waals surface area contributed by atoms with E-state index in [1.54, 1.807) is 25.7 Å². The largest absolute Gasteiger partial charge is 0.369 e. The summed E-state index contributed by atoms with van der Waals surface area (Å²) >= 11 is 0. The molecular weight excluding hydrogens is 196 g/mol. The molecule has 6 fully saturated rings. The van der Waals surface area contributed by atoms with E-state index in [1.165, 1.54) is 24.2 Å². The van der Waals surface area contributed by atoms with Crippen molar-refractivity contribution < 1.29 is 4.74 Å². The number of fused-ring (bicyclic) bond motifs is 14. The molecule has 0 spiro atoms. The van der Waals surface area contributed by atoms with Gasteiger partial charge in [-0.2, -0.15) is 0 Å². The van der Waals surface area contributed by atoms with Crippen LogP contribution in [0, 0.1) is 47.3 Å². The van der Waals surface area contributed by atoms with Gasteiger partial charge < -0.3 is 4.74 Å². The molecule has 6 rings (SSSR count). The van der Waals surface area contributed by atoms with E-state index in [2.05, 4.69) is 0 Å². The Balaban J connectivity index is 1.47. The quantitative estimate of drug-likeness (QED) is 0.448. The number of epoxide rings is 1. The highest BCUT2D eigenvalue weighted by Gasteiger charge is 2.72. The van der Waals surface area contributed by atoms with Gasteiger partial charge >= 0.3 is 0 Å². The van der Waals surface area contributed by atoms with Crippen molar-refractivity contribution in [1.82, 2.24) is 0 Å². The van der Waals surface area contributed by atoms with Gasteiger partial charge in [0.1, 0.15) is 0 Å². The first-order chi connectivity index (χ1) is 7.92. The zero-order valence-corrected chi connectivity index (χ0v) is 9.72. The van der Waals surface area contributed by atoms with Gasteiger partial charge in [0.15, 0.2) is 0 Å². The molecule has 0 radical (unpaired) electrons. The normalized spacial score (nSPS) is 76.5. The average molecular weight is 216 g/mol. The summed E-state index contributed by atoms with van der Waals surface area (Å²) in [5.41, 5.74) is 0.